The molecular weight excluding hydrogens is 419 g/mol. The summed E-state index contributed by atoms with van der Waals surface area (Å²) in [4.78, 5) is 8.39. The molecule has 0 spiro atoms. The summed E-state index contributed by atoms with van der Waals surface area (Å²) >= 11 is 1.79. The number of likely N-dealkylation sites (tertiary alicyclic amines) is 1. The number of rotatable bonds is 9. The highest BCUT2D eigenvalue weighted by Gasteiger charge is 2.08. The summed E-state index contributed by atoms with van der Waals surface area (Å²) in [6, 6.07) is 4.24. The molecule has 1 aliphatic heterocycles. The van der Waals surface area contributed by atoms with Crippen LogP contribution >= 0.6 is 35.3 Å². The second kappa shape index (κ2) is 13.0. The Bertz CT molecular complexity index is 416. The minimum Gasteiger partial charge on any atom is -0.370 e. The lowest BCUT2D eigenvalue weighted by atomic mass is 10.1. The minimum atomic E-state index is 0. The molecule has 1 aromatic rings. The zero-order chi connectivity index (χ0) is 15.5. The number of aliphatic imine (C=N–C) groups is 1. The second-order valence-electron chi connectivity index (χ2n) is 5.99. The van der Waals surface area contributed by atoms with Crippen LogP contribution in [0.15, 0.2) is 22.5 Å². The smallest absolute Gasteiger partial charge is 0.188 e. The fourth-order valence-electron chi connectivity index (χ4n) is 2.83. The lowest BCUT2D eigenvalue weighted by Gasteiger charge is -2.26. The van der Waals surface area contributed by atoms with Crippen LogP contribution in [-0.4, -0.2) is 43.6 Å². The van der Waals surface area contributed by atoms with Gasteiger partial charge in [-0.3, -0.25) is 4.99 Å². The van der Waals surface area contributed by atoms with Crippen LogP contribution in [0.5, 0.6) is 0 Å². The molecule has 4 nitrogen and oxygen atoms in total. The molecule has 2 heterocycles. The number of unbranched alkanes of at least 4 members (excludes halogenated alkanes) is 2. The van der Waals surface area contributed by atoms with Gasteiger partial charge in [0, 0.05) is 18.0 Å². The lowest BCUT2D eigenvalue weighted by Crippen LogP contribution is -2.33. The number of nitrogens with zero attached hydrogens (tertiary/aromatic N) is 2. The molecule has 132 valence electrons. The molecule has 0 aromatic carbocycles. The van der Waals surface area contributed by atoms with Crippen molar-refractivity contribution >= 4 is 41.3 Å². The van der Waals surface area contributed by atoms with Gasteiger partial charge >= 0.3 is 0 Å². The number of piperidine rings is 1. The van der Waals surface area contributed by atoms with Crippen LogP contribution in [-0.2, 0) is 6.42 Å². The van der Waals surface area contributed by atoms with Crippen molar-refractivity contribution in [2.75, 3.05) is 32.7 Å². The maximum Gasteiger partial charge on any atom is 0.188 e. The van der Waals surface area contributed by atoms with Crippen molar-refractivity contribution in [2.45, 2.75) is 44.9 Å². The normalized spacial score (nSPS) is 16.1. The van der Waals surface area contributed by atoms with E-state index in [0.717, 1.165) is 25.9 Å². The van der Waals surface area contributed by atoms with Gasteiger partial charge in [0.1, 0.15) is 0 Å². The van der Waals surface area contributed by atoms with E-state index in [1.165, 1.54) is 56.6 Å². The van der Waals surface area contributed by atoms with Crippen molar-refractivity contribution in [3.8, 4) is 0 Å². The van der Waals surface area contributed by atoms with Crippen molar-refractivity contribution in [3.63, 3.8) is 0 Å². The first kappa shape index (κ1) is 20.7. The lowest BCUT2D eigenvalue weighted by molar-refractivity contribution is 0.224. The monoisotopic (exact) mass is 450 g/mol. The maximum atomic E-state index is 5.88. The van der Waals surface area contributed by atoms with E-state index in [0.29, 0.717) is 5.96 Å². The second-order valence-corrected chi connectivity index (χ2v) is 7.02. The first-order chi connectivity index (χ1) is 10.8. The van der Waals surface area contributed by atoms with Crippen LogP contribution < -0.4 is 11.1 Å². The largest absolute Gasteiger partial charge is 0.370 e. The first-order valence-corrected chi connectivity index (χ1v) is 9.51. The molecule has 23 heavy (non-hydrogen) atoms. The third kappa shape index (κ3) is 9.52. The minimum absolute atomic E-state index is 0. The molecule has 1 saturated heterocycles. The average Bonchev–Trinajstić information content (AvgIpc) is 3.05. The molecule has 0 amide bonds. The van der Waals surface area contributed by atoms with E-state index in [9.17, 15) is 0 Å². The summed E-state index contributed by atoms with van der Waals surface area (Å²) in [7, 11) is 0. The van der Waals surface area contributed by atoms with Crippen LogP contribution in [0.2, 0.25) is 0 Å². The van der Waals surface area contributed by atoms with Gasteiger partial charge in [0.05, 0.1) is 0 Å². The molecule has 1 fully saturated rings. The summed E-state index contributed by atoms with van der Waals surface area (Å²) < 4.78 is 0. The van der Waals surface area contributed by atoms with Crippen LogP contribution in [0.25, 0.3) is 0 Å². The van der Waals surface area contributed by atoms with Gasteiger partial charge in [0.15, 0.2) is 5.96 Å². The summed E-state index contributed by atoms with van der Waals surface area (Å²) in [6.45, 7) is 5.58. The van der Waals surface area contributed by atoms with Crippen LogP contribution in [0.3, 0.4) is 0 Å². The predicted molar refractivity (Wildman–Crippen MR) is 112 cm³/mol. The van der Waals surface area contributed by atoms with E-state index in [2.05, 4.69) is 32.7 Å². The van der Waals surface area contributed by atoms with Gasteiger partial charge in [-0.25, -0.2) is 0 Å². The van der Waals surface area contributed by atoms with Gasteiger partial charge in [-0.15, -0.1) is 35.3 Å². The fourth-order valence-corrected chi connectivity index (χ4v) is 3.54. The molecule has 1 aromatic heterocycles. The maximum absolute atomic E-state index is 5.88. The highest BCUT2D eigenvalue weighted by atomic mass is 127. The van der Waals surface area contributed by atoms with Crippen molar-refractivity contribution in [1.29, 1.82) is 0 Å². The number of hydrogen-bond donors (Lipinski definition) is 2. The number of nitrogens with two attached hydrogens (primary N) is 1. The highest BCUT2D eigenvalue weighted by molar-refractivity contribution is 14.0. The number of halogens is 1. The number of guanidine groups is 1. The fraction of sp³-hybridized carbons (Fsp3) is 0.706. The molecule has 0 unspecified atom stereocenters. The zero-order valence-corrected chi connectivity index (χ0v) is 17.2. The van der Waals surface area contributed by atoms with Gasteiger partial charge in [-0.1, -0.05) is 18.9 Å². The van der Waals surface area contributed by atoms with Gasteiger partial charge < -0.3 is 16.0 Å². The van der Waals surface area contributed by atoms with Crippen LogP contribution in [0.4, 0.5) is 0 Å². The molecule has 6 heteroatoms. The van der Waals surface area contributed by atoms with E-state index in [1.807, 2.05) is 0 Å². The van der Waals surface area contributed by atoms with E-state index in [4.69, 9.17) is 5.73 Å². The van der Waals surface area contributed by atoms with Crippen molar-refractivity contribution in [2.24, 2.45) is 10.7 Å². The molecular formula is C17H31IN4S. The Balaban J connectivity index is 0.00000264. The third-order valence-electron chi connectivity index (χ3n) is 4.12. The Morgan fingerprint density at radius 3 is 2.78 bits per heavy atom. The van der Waals surface area contributed by atoms with E-state index < -0.39 is 0 Å². The van der Waals surface area contributed by atoms with Crippen LogP contribution in [0.1, 0.15) is 43.4 Å². The molecule has 2 rings (SSSR count). The summed E-state index contributed by atoms with van der Waals surface area (Å²) in [5, 5.41) is 5.30. The summed E-state index contributed by atoms with van der Waals surface area (Å²) in [6.07, 6.45) is 8.90. The number of hydrogen-bond acceptors (Lipinski definition) is 3. The highest BCUT2D eigenvalue weighted by Crippen LogP contribution is 2.10. The van der Waals surface area contributed by atoms with Gasteiger partial charge in [0.2, 0.25) is 0 Å². The van der Waals surface area contributed by atoms with Gasteiger partial charge in [-0.05, 0) is 63.2 Å². The van der Waals surface area contributed by atoms with Crippen molar-refractivity contribution in [3.05, 3.63) is 22.4 Å². The Labute approximate surface area is 161 Å². The SMILES string of the molecule is I.NC(=NCCCCCN1CCCCC1)NCCc1cccs1. The average molecular weight is 450 g/mol. The predicted octanol–water partition coefficient (Wildman–Crippen LogP) is 3.47. The Morgan fingerprint density at radius 1 is 1.22 bits per heavy atom. The first-order valence-electron chi connectivity index (χ1n) is 8.63. The Morgan fingerprint density at radius 2 is 2.04 bits per heavy atom. The quantitative estimate of drug-likeness (QED) is 0.262. The Kier molecular flexibility index (Phi) is 11.7. The van der Waals surface area contributed by atoms with E-state index in [1.54, 1.807) is 11.3 Å². The zero-order valence-electron chi connectivity index (χ0n) is 14.0. The van der Waals surface area contributed by atoms with Gasteiger partial charge in [0.25, 0.3) is 0 Å². The standard InChI is InChI=1S/C17H30N4S.HI/c18-17(20-11-9-16-8-7-15-22-16)19-10-3-1-4-12-21-13-5-2-6-14-21;/h7-8,15H,1-6,9-14H2,(H3,18,19,20);1H. The topological polar surface area (TPSA) is 53.6 Å². The van der Waals surface area contributed by atoms with Crippen molar-refractivity contribution < 1.29 is 0 Å². The molecule has 0 radical (unpaired) electrons. The van der Waals surface area contributed by atoms with E-state index in [-0.39, 0.29) is 24.0 Å². The molecule has 0 saturated carbocycles. The number of nitrogens with one attached hydrogen (secondary N) is 1. The summed E-state index contributed by atoms with van der Waals surface area (Å²) in [5.74, 6) is 0.590. The third-order valence-corrected chi connectivity index (χ3v) is 5.06. The molecule has 1 aliphatic rings. The van der Waals surface area contributed by atoms with Crippen molar-refractivity contribution in [1.82, 2.24) is 10.2 Å². The summed E-state index contributed by atoms with van der Waals surface area (Å²) in [5.41, 5.74) is 5.88. The molecule has 0 bridgehead atoms. The molecule has 3 N–H and O–H groups in total. The molecule has 0 aliphatic carbocycles. The van der Waals surface area contributed by atoms with E-state index >= 15 is 0 Å². The van der Waals surface area contributed by atoms with Crippen LogP contribution in [0, 0.1) is 0 Å². The van der Waals surface area contributed by atoms with Gasteiger partial charge in [-0.2, -0.15) is 0 Å². The Hall–Kier alpha value is -0.340. The number of thiophene rings is 1. The molecule has 0 atom stereocenters.